The number of fused-ring (bicyclic) bond motifs is 1. The van der Waals surface area contributed by atoms with E-state index in [-0.39, 0.29) is 18.3 Å². The van der Waals surface area contributed by atoms with Crippen LogP contribution in [0.25, 0.3) is 11.4 Å². The molecule has 2 N–H and O–H groups in total. The van der Waals surface area contributed by atoms with Crippen LogP contribution in [0.1, 0.15) is 10.5 Å². The lowest BCUT2D eigenvalue weighted by Crippen LogP contribution is -2.13. The predicted molar refractivity (Wildman–Crippen MR) is 63.4 cm³/mol. The molecule has 7 nitrogen and oxygen atoms in total. The van der Waals surface area contributed by atoms with Crippen LogP contribution in [0.2, 0.25) is 0 Å². The van der Waals surface area contributed by atoms with Crippen LogP contribution in [0, 0.1) is 0 Å². The molecular formula is C12H8N2O5. The van der Waals surface area contributed by atoms with Crippen molar-refractivity contribution in [3.05, 3.63) is 40.3 Å². The molecule has 0 radical (unpaired) electrons. The second-order valence-electron chi connectivity index (χ2n) is 3.85. The van der Waals surface area contributed by atoms with Crippen molar-refractivity contribution >= 4 is 5.97 Å². The number of aromatic amines is 1. The quantitative estimate of drug-likeness (QED) is 0.830. The van der Waals surface area contributed by atoms with E-state index in [1.807, 2.05) is 0 Å². The largest absolute Gasteiger partial charge is 0.477 e. The molecule has 0 atom stereocenters. The summed E-state index contributed by atoms with van der Waals surface area (Å²) in [5, 5.41) is 8.88. The van der Waals surface area contributed by atoms with Gasteiger partial charge in [0.15, 0.2) is 17.2 Å². The smallest absolute Gasteiger partial charge is 0.354 e. The summed E-state index contributed by atoms with van der Waals surface area (Å²) in [5.74, 6) is 0.0395. The summed E-state index contributed by atoms with van der Waals surface area (Å²) in [6, 6.07) is 5.90. The lowest BCUT2D eigenvalue weighted by molar-refractivity contribution is 0.0690. The molecule has 1 aliphatic heterocycles. The molecule has 0 saturated heterocycles. The third-order valence-corrected chi connectivity index (χ3v) is 2.61. The van der Waals surface area contributed by atoms with Gasteiger partial charge in [-0.25, -0.2) is 9.78 Å². The Morgan fingerprint density at radius 1 is 1.26 bits per heavy atom. The fraction of sp³-hybridized carbons (Fsp3) is 0.0833. The highest BCUT2D eigenvalue weighted by atomic mass is 16.7. The Hall–Kier alpha value is -2.83. The van der Waals surface area contributed by atoms with Crippen LogP contribution < -0.4 is 15.0 Å². The van der Waals surface area contributed by atoms with Crippen molar-refractivity contribution in [1.82, 2.24) is 9.97 Å². The van der Waals surface area contributed by atoms with Crippen molar-refractivity contribution in [2.24, 2.45) is 0 Å². The minimum Gasteiger partial charge on any atom is -0.477 e. The van der Waals surface area contributed by atoms with Gasteiger partial charge in [0.2, 0.25) is 6.79 Å². The highest BCUT2D eigenvalue weighted by Gasteiger charge is 2.16. The van der Waals surface area contributed by atoms with Gasteiger partial charge in [0.25, 0.3) is 5.56 Å². The van der Waals surface area contributed by atoms with Crippen LogP contribution in [0.15, 0.2) is 29.1 Å². The fourth-order valence-corrected chi connectivity index (χ4v) is 1.75. The average Bonchev–Trinajstić information content (AvgIpc) is 2.85. The van der Waals surface area contributed by atoms with Crippen LogP contribution in [0.5, 0.6) is 11.5 Å². The van der Waals surface area contributed by atoms with E-state index >= 15 is 0 Å². The van der Waals surface area contributed by atoms with Gasteiger partial charge in [0.1, 0.15) is 5.82 Å². The highest BCUT2D eigenvalue weighted by Crippen LogP contribution is 2.34. The molecule has 3 rings (SSSR count). The van der Waals surface area contributed by atoms with Gasteiger partial charge >= 0.3 is 5.97 Å². The second kappa shape index (κ2) is 4.13. The summed E-state index contributed by atoms with van der Waals surface area (Å²) in [5.41, 5.74) is -0.291. The number of rotatable bonds is 2. The summed E-state index contributed by atoms with van der Waals surface area (Å²) in [7, 11) is 0. The molecular weight excluding hydrogens is 252 g/mol. The maximum absolute atomic E-state index is 11.4. The molecule has 0 saturated carbocycles. The van der Waals surface area contributed by atoms with Gasteiger partial charge in [-0.05, 0) is 18.2 Å². The number of carbonyl (C=O) groups is 1. The molecule has 2 aromatic rings. The first-order valence-electron chi connectivity index (χ1n) is 5.38. The molecule has 1 aliphatic rings. The molecule has 1 aromatic carbocycles. The number of carboxylic acids is 1. The van der Waals surface area contributed by atoms with Gasteiger partial charge in [-0.3, -0.25) is 4.79 Å². The number of hydrogen-bond acceptors (Lipinski definition) is 5. The van der Waals surface area contributed by atoms with Crippen LogP contribution in [0.3, 0.4) is 0 Å². The molecule has 0 unspecified atom stereocenters. The molecule has 0 aliphatic carbocycles. The van der Waals surface area contributed by atoms with E-state index in [4.69, 9.17) is 14.6 Å². The van der Waals surface area contributed by atoms with Crippen molar-refractivity contribution in [2.75, 3.05) is 6.79 Å². The van der Waals surface area contributed by atoms with E-state index in [0.717, 1.165) is 6.07 Å². The number of nitrogens with one attached hydrogen (secondary N) is 1. The topological polar surface area (TPSA) is 102 Å². The van der Waals surface area contributed by atoms with Crippen molar-refractivity contribution in [3.63, 3.8) is 0 Å². The number of benzene rings is 1. The number of H-pyrrole nitrogens is 1. The molecule has 1 aromatic heterocycles. The minimum atomic E-state index is -1.26. The first kappa shape index (κ1) is 11.3. The average molecular weight is 260 g/mol. The van der Waals surface area contributed by atoms with Crippen molar-refractivity contribution < 1.29 is 19.4 Å². The fourth-order valence-electron chi connectivity index (χ4n) is 1.75. The van der Waals surface area contributed by atoms with Gasteiger partial charge in [-0.15, -0.1) is 0 Å². The third kappa shape index (κ3) is 2.01. The van der Waals surface area contributed by atoms with Crippen LogP contribution in [-0.4, -0.2) is 27.8 Å². The molecule has 0 bridgehead atoms. The summed E-state index contributed by atoms with van der Waals surface area (Å²) in [4.78, 5) is 28.6. The summed E-state index contributed by atoms with van der Waals surface area (Å²) in [6.45, 7) is 0.137. The van der Waals surface area contributed by atoms with Gasteiger partial charge in [-0.1, -0.05) is 0 Å². The van der Waals surface area contributed by atoms with Gasteiger partial charge < -0.3 is 19.6 Å². The third-order valence-electron chi connectivity index (χ3n) is 2.61. The lowest BCUT2D eigenvalue weighted by atomic mass is 10.2. The monoisotopic (exact) mass is 260 g/mol. The normalized spacial score (nSPS) is 12.4. The van der Waals surface area contributed by atoms with Gasteiger partial charge in [0, 0.05) is 11.6 Å². The molecule has 2 heterocycles. The van der Waals surface area contributed by atoms with Crippen LogP contribution >= 0.6 is 0 Å². The first-order valence-corrected chi connectivity index (χ1v) is 5.38. The highest BCUT2D eigenvalue weighted by molar-refractivity contribution is 5.85. The van der Waals surface area contributed by atoms with E-state index < -0.39 is 11.5 Å². The second-order valence-corrected chi connectivity index (χ2v) is 3.85. The number of nitrogens with zero attached hydrogens (tertiary/aromatic N) is 1. The zero-order valence-electron chi connectivity index (χ0n) is 9.54. The number of hydrogen-bond donors (Lipinski definition) is 2. The predicted octanol–water partition coefficient (Wildman–Crippen LogP) is 0.864. The van der Waals surface area contributed by atoms with E-state index in [0.29, 0.717) is 17.1 Å². The molecule has 7 heteroatoms. The SMILES string of the molecule is O=C(O)c1cc(=O)[nH]c(-c2ccc3c(c2)OCO3)n1. The number of aromatic carboxylic acids is 1. The Morgan fingerprint density at radius 2 is 2.05 bits per heavy atom. The number of ether oxygens (including phenoxy) is 2. The maximum atomic E-state index is 11.4. The lowest BCUT2D eigenvalue weighted by Gasteiger charge is -2.03. The summed E-state index contributed by atoms with van der Waals surface area (Å²) < 4.78 is 10.4. The van der Waals surface area contributed by atoms with E-state index in [1.165, 1.54) is 0 Å². The van der Waals surface area contributed by atoms with E-state index in [2.05, 4.69) is 9.97 Å². The van der Waals surface area contributed by atoms with Gasteiger partial charge in [-0.2, -0.15) is 0 Å². The standard InChI is InChI=1S/C12H8N2O5/c15-10-4-7(12(16)17)13-11(14-10)6-1-2-8-9(3-6)19-5-18-8/h1-4H,5H2,(H,16,17)(H,13,14,15). The Bertz CT molecular complexity index is 722. The molecule has 0 amide bonds. The van der Waals surface area contributed by atoms with Crippen LogP contribution in [-0.2, 0) is 0 Å². The number of carboxylic acid groups (broad SMARTS) is 1. The van der Waals surface area contributed by atoms with E-state index in [1.54, 1.807) is 18.2 Å². The molecule has 96 valence electrons. The van der Waals surface area contributed by atoms with Gasteiger partial charge in [0.05, 0.1) is 0 Å². The Morgan fingerprint density at radius 3 is 2.84 bits per heavy atom. The summed E-state index contributed by atoms with van der Waals surface area (Å²) >= 11 is 0. The van der Waals surface area contributed by atoms with Crippen molar-refractivity contribution in [1.29, 1.82) is 0 Å². The van der Waals surface area contributed by atoms with Crippen LogP contribution in [0.4, 0.5) is 0 Å². The van der Waals surface area contributed by atoms with E-state index in [9.17, 15) is 9.59 Å². The van der Waals surface area contributed by atoms with Crippen molar-refractivity contribution in [2.45, 2.75) is 0 Å². The maximum Gasteiger partial charge on any atom is 0.354 e. The zero-order chi connectivity index (χ0) is 13.4. The number of aromatic nitrogens is 2. The first-order chi connectivity index (χ1) is 9.13. The molecule has 19 heavy (non-hydrogen) atoms. The Balaban J connectivity index is 2.11. The minimum absolute atomic E-state index is 0.137. The Kier molecular flexibility index (Phi) is 2.45. The molecule has 0 spiro atoms. The summed E-state index contributed by atoms with van der Waals surface area (Å²) in [6.07, 6.45) is 0. The van der Waals surface area contributed by atoms with Crippen molar-refractivity contribution in [3.8, 4) is 22.9 Å². The molecule has 0 fully saturated rings. The Labute approximate surface area is 106 Å². The zero-order valence-corrected chi connectivity index (χ0v) is 9.54.